The molecule has 0 saturated heterocycles. The zero-order chi connectivity index (χ0) is 36.0. The second kappa shape index (κ2) is 11.5. The van der Waals surface area contributed by atoms with E-state index >= 15 is 0 Å². The summed E-state index contributed by atoms with van der Waals surface area (Å²) in [7, 11) is 0. The van der Waals surface area contributed by atoms with Gasteiger partial charge in [-0.2, -0.15) is 0 Å². The average Bonchev–Trinajstić information content (AvgIpc) is 3.90. The van der Waals surface area contributed by atoms with Crippen LogP contribution < -0.4 is 0 Å². The number of para-hydroxylation sites is 4. The Hall–Kier alpha value is -7.50. The summed E-state index contributed by atoms with van der Waals surface area (Å²) in [5.41, 5.74) is 11.6. The Morgan fingerprint density at radius 3 is 1.60 bits per heavy atom. The van der Waals surface area contributed by atoms with Gasteiger partial charge in [-0.05, 0) is 59.3 Å². The summed E-state index contributed by atoms with van der Waals surface area (Å²) in [6.45, 7) is 0. The van der Waals surface area contributed by atoms with Crippen molar-refractivity contribution in [3.63, 3.8) is 0 Å². The maximum absolute atomic E-state index is 5.66. The molecule has 5 nitrogen and oxygen atoms in total. The molecule has 55 heavy (non-hydrogen) atoms. The number of rotatable bonds is 4. The molecule has 0 aliphatic rings. The van der Waals surface area contributed by atoms with Gasteiger partial charge in [-0.25, -0.2) is 9.97 Å². The molecule has 0 atom stereocenters. The van der Waals surface area contributed by atoms with E-state index in [9.17, 15) is 0 Å². The van der Waals surface area contributed by atoms with Gasteiger partial charge >= 0.3 is 0 Å². The molecule has 5 heteroatoms. The molecule has 0 aliphatic heterocycles. The molecule has 12 rings (SSSR count). The van der Waals surface area contributed by atoms with Crippen LogP contribution in [0.4, 0.5) is 0 Å². The van der Waals surface area contributed by atoms with E-state index in [-0.39, 0.29) is 0 Å². The highest BCUT2D eigenvalue weighted by atomic mass is 15.2. The van der Waals surface area contributed by atoms with Gasteiger partial charge in [0.05, 0.1) is 33.1 Å². The molecule has 0 saturated carbocycles. The van der Waals surface area contributed by atoms with Gasteiger partial charge in [0.1, 0.15) is 11.2 Å². The highest BCUT2D eigenvalue weighted by Crippen LogP contribution is 2.44. The van der Waals surface area contributed by atoms with Crippen molar-refractivity contribution < 1.29 is 0 Å². The lowest BCUT2D eigenvalue weighted by atomic mass is 10.1. The first-order valence-corrected chi connectivity index (χ1v) is 18.7. The Labute approximate surface area is 315 Å². The molecule has 4 aromatic heterocycles. The molecule has 0 fully saturated rings. The summed E-state index contributed by atoms with van der Waals surface area (Å²) in [6.07, 6.45) is 0. The average molecular weight is 702 g/mol. The van der Waals surface area contributed by atoms with Crippen LogP contribution in [0, 0.1) is 0 Å². The van der Waals surface area contributed by atoms with Crippen molar-refractivity contribution in [2.45, 2.75) is 0 Å². The van der Waals surface area contributed by atoms with Crippen molar-refractivity contribution in [3.8, 4) is 28.6 Å². The van der Waals surface area contributed by atoms with Crippen LogP contribution in [-0.4, -0.2) is 23.7 Å². The van der Waals surface area contributed by atoms with Crippen molar-refractivity contribution in [1.29, 1.82) is 0 Å². The Balaban J connectivity index is 1.28. The van der Waals surface area contributed by atoms with E-state index in [0.717, 1.165) is 61.0 Å². The zero-order valence-corrected chi connectivity index (χ0v) is 29.6. The minimum atomic E-state index is 0.638. The van der Waals surface area contributed by atoms with Crippen LogP contribution in [-0.2, 0) is 0 Å². The van der Waals surface area contributed by atoms with Gasteiger partial charge in [-0.15, -0.1) is 0 Å². The Morgan fingerprint density at radius 1 is 0.327 bits per heavy atom. The topological polar surface area (TPSA) is 40.6 Å². The quantitative estimate of drug-likeness (QED) is 0.183. The first-order chi connectivity index (χ1) is 27.3. The van der Waals surface area contributed by atoms with Crippen LogP contribution in [0.2, 0.25) is 0 Å². The SMILES string of the molecule is c1ccc(-c2nc(-n3c4ccccc4c4c3ccc3c5ccccc5n(-c5ccccc5)c34)nc3c4c5ccccc5ccc4n(-c4ccccc4)c23)cc1. The number of fused-ring (bicyclic) bond motifs is 12. The van der Waals surface area contributed by atoms with Crippen molar-refractivity contribution in [2.75, 3.05) is 0 Å². The lowest BCUT2D eigenvalue weighted by Crippen LogP contribution is -2.05. The van der Waals surface area contributed by atoms with Crippen LogP contribution in [0.5, 0.6) is 0 Å². The molecule has 0 radical (unpaired) electrons. The fourth-order valence-corrected chi connectivity index (χ4v) is 8.96. The van der Waals surface area contributed by atoms with E-state index < -0.39 is 0 Å². The van der Waals surface area contributed by atoms with Crippen LogP contribution in [0.15, 0.2) is 188 Å². The monoisotopic (exact) mass is 701 g/mol. The third kappa shape index (κ3) is 4.23. The molecule has 4 heterocycles. The van der Waals surface area contributed by atoms with E-state index in [1.807, 2.05) is 0 Å². The first kappa shape index (κ1) is 30.0. The normalized spacial score (nSPS) is 12.0. The van der Waals surface area contributed by atoms with E-state index in [2.05, 4.69) is 202 Å². The maximum atomic E-state index is 5.66. The molecule has 8 aromatic carbocycles. The smallest absolute Gasteiger partial charge is 0.235 e. The summed E-state index contributed by atoms with van der Waals surface area (Å²) in [4.78, 5) is 11.3. The summed E-state index contributed by atoms with van der Waals surface area (Å²) >= 11 is 0. The van der Waals surface area contributed by atoms with Crippen molar-refractivity contribution >= 4 is 76.3 Å². The zero-order valence-electron chi connectivity index (χ0n) is 29.6. The standard InChI is InChI=1S/C50H31N5/c1-4-17-33(18-5-1)46-49-47(44-36-23-11-10-16-32(36)28-30-42(44)54(49)35-21-8-3-9-22-35)52-50(51-46)55-41-27-15-13-25-39(41)45-43(55)31-29-38-37-24-12-14-26-40(37)53(48(38)45)34-19-6-2-7-20-34/h1-31H. The lowest BCUT2D eigenvalue weighted by molar-refractivity contribution is 1.01. The van der Waals surface area contributed by atoms with E-state index in [1.165, 1.54) is 38.0 Å². The summed E-state index contributed by atoms with van der Waals surface area (Å²) in [6, 6.07) is 66.9. The molecule has 0 spiro atoms. The third-order valence-corrected chi connectivity index (χ3v) is 11.2. The molecule has 0 unspecified atom stereocenters. The number of aromatic nitrogens is 5. The predicted octanol–water partition coefficient (Wildman–Crippen LogP) is 12.6. The Bertz CT molecular complexity index is 3470. The number of benzene rings is 8. The Kier molecular flexibility index (Phi) is 6.27. The second-order valence-corrected chi connectivity index (χ2v) is 14.2. The number of hydrogen-bond donors (Lipinski definition) is 0. The molecule has 0 aliphatic carbocycles. The molecule has 0 N–H and O–H groups in total. The van der Waals surface area contributed by atoms with Gasteiger partial charge in [0, 0.05) is 43.9 Å². The van der Waals surface area contributed by atoms with Gasteiger partial charge in [0.25, 0.3) is 0 Å². The lowest BCUT2D eigenvalue weighted by Gasteiger charge is -2.13. The third-order valence-electron chi connectivity index (χ3n) is 11.2. The molecule has 12 aromatic rings. The van der Waals surface area contributed by atoms with Gasteiger partial charge in [0.2, 0.25) is 5.95 Å². The van der Waals surface area contributed by atoms with Crippen LogP contribution in [0.25, 0.3) is 105 Å². The van der Waals surface area contributed by atoms with Crippen LogP contribution >= 0.6 is 0 Å². The second-order valence-electron chi connectivity index (χ2n) is 14.2. The van der Waals surface area contributed by atoms with Crippen molar-refractivity contribution in [2.24, 2.45) is 0 Å². The minimum absolute atomic E-state index is 0.638. The highest BCUT2D eigenvalue weighted by molar-refractivity contribution is 6.26. The number of hydrogen-bond acceptors (Lipinski definition) is 2. The van der Waals surface area contributed by atoms with Gasteiger partial charge in [-0.1, -0.05) is 140 Å². The molecular weight excluding hydrogens is 671 g/mol. The van der Waals surface area contributed by atoms with Gasteiger partial charge in [-0.3, -0.25) is 4.57 Å². The first-order valence-electron chi connectivity index (χ1n) is 18.7. The number of nitrogens with zero attached hydrogens (tertiary/aromatic N) is 5. The summed E-state index contributed by atoms with van der Waals surface area (Å²) < 4.78 is 7.04. The van der Waals surface area contributed by atoms with Crippen LogP contribution in [0.3, 0.4) is 0 Å². The molecule has 256 valence electrons. The van der Waals surface area contributed by atoms with Gasteiger partial charge in [0.15, 0.2) is 0 Å². The van der Waals surface area contributed by atoms with Crippen molar-refractivity contribution in [3.05, 3.63) is 188 Å². The largest absolute Gasteiger partial charge is 0.309 e. The Morgan fingerprint density at radius 2 is 0.873 bits per heavy atom. The van der Waals surface area contributed by atoms with E-state index in [0.29, 0.717) is 5.95 Å². The maximum Gasteiger partial charge on any atom is 0.235 e. The summed E-state index contributed by atoms with van der Waals surface area (Å²) in [5.74, 6) is 0.638. The van der Waals surface area contributed by atoms with E-state index in [1.54, 1.807) is 0 Å². The highest BCUT2D eigenvalue weighted by Gasteiger charge is 2.26. The molecular formula is C50H31N5. The van der Waals surface area contributed by atoms with Gasteiger partial charge < -0.3 is 9.13 Å². The minimum Gasteiger partial charge on any atom is -0.309 e. The van der Waals surface area contributed by atoms with Crippen LogP contribution in [0.1, 0.15) is 0 Å². The van der Waals surface area contributed by atoms with Crippen molar-refractivity contribution in [1.82, 2.24) is 23.7 Å². The van der Waals surface area contributed by atoms with E-state index in [4.69, 9.17) is 9.97 Å². The molecule has 0 amide bonds. The molecule has 0 bridgehead atoms. The predicted molar refractivity (Wildman–Crippen MR) is 228 cm³/mol. The summed E-state index contributed by atoms with van der Waals surface area (Å²) in [5, 5.41) is 8.24. The fraction of sp³-hybridized carbons (Fsp3) is 0. The fourth-order valence-electron chi connectivity index (χ4n) is 8.96.